The van der Waals surface area contributed by atoms with E-state index in [1.165, 1.54) is 43.0 Å². The van der Waals surface area contributed by atoms with Crippen LogP contribution in [0, 0.1) is 34.6 Å². The number of methoxy groups -OCH3 is 5. The second-order valence-electron chi connectivity index (χ2n) is 20.2. The predicted octanol–water partition coefficient (Wildman–Crippen LogP) is 15.9. The SMILES string of the molecule is C=C(O[B]O)c1ccccc1.C=CCBr.C=CCc1c(Cl)nc(C)nc1OC.C=CCc1c(OC)nc(C)nc1C(=C)c1ccccc1.COc1cc(Cl)nc(C)n1.COc1nc(C)nc2c1C=CC2c1ccccc1.COc1nc(C)nc2c1CCC2c1ccccc1.[HH].[O]=[Pd]. The van der Waals surface area contributed by atoms with Gasteiger partial charge in [0.25, 0.3) is 0 Å². The number of fused-ring (bicyclic) bond motifs is 2. The molecule has 0 bridgehead atoms. The fourth-order valence-electron chi connectivity index (χ4n) is 9.54. The quantitative estimate of drug-likeness (QED) is 0.0294. The Kier molecular flexibility index (Phi) is 35.8. The van der Waals surface area contributed by atoms with Gasteiger partial charge in [-0.2, -0.15) is 24.9 Å². The average molecular weight is 1490 g/mol. The van der Waals surface area contributed by atoms with Gasteiger partial charge in [-0.3, -0.25) is 0 Å². The van der Waals surface area contributed by atoms with E-state index in [0.717, 1.165) is 86.2 Å². The topological polar surface area (TPSA) is 222 Å². The molecule has 9 aromatic rings. The number of aromatic nitrogens is 10. The minimum absolute atomic E-state index is 0. The van der Waals surface area contributed by atoms with Gasteiger partial charge in [-0.1, -0.05) is 204 Å². The third-order valence-corrected chi connectivity index (χ3v) is 14.6. The third-order valence-electron chi connectivity index (χ3n) is 13.7. The summed E-state index contributed by atoms with van der Waals surface area (Å²) >= 11 is 16.1. The van der Waals surface area contributed by atoms with Crippen LogP contribution >= 0.6 is 39.1 Å². The summed E-state index contributed by atoms with van der Waals surface area (Å²) in [5.41, 5.74) is 12.2. The Morgan fingerprint density at radius 2 is 1.04 bits per heavy atom. The molecule has 5 heterocycles. The molecule has 2 unspecified atom stereocenters. The van der Waals surface area contributed by atoms with Gasteiger partial charge in [0.15, 0.2) is 0 Å². The predicted molar refractivity (Wildman–Crippen MR) is 384 cm³/mol. The van der Waals surface area contributed by atoms with Crippen LogP contribution in [0.3, 0.4) is 0 Å². The summed E-state index contributed by atoms with van der Waals surface area (Å²) in [4.78, 5) is 42.6. The van der Waals surface area contributed by atoms with Gasteiger partial charge in [-0.15, -0.1) is 19.7 Å². The molecule has 5 aromatic heterocycles. The van der Waals surface area contributed by atoms with E-state index in [1.807, 2.05) is 118 Å². The third kappa shape index (κ3) is 24.4. The van der Waals surface area contributed by atoms with Gasteiger partial charge >= 0.3 is 30.3 Å². The van der Waals surface area contributed by atoms with Crippen LogP contribution in [0.1, 0.15) is 110 Å². The molecule has 505 valence electrons. The fourth-order valence-corrected chi connectivity index (χ4v) is 10.0. The van der Waals surface area contributed by atoms with E-state index in [1.54, 1.807) is 60.5 Å². The molecule has 0 saturated carbocycles. The van der Waals surface area contributed by atoms with E-state index < -0.39 is 0 Å². The van der Waals surface area contributed by atoms with Crippen LogP contribution in [-0.4, -0.2) is 103 Å². The second kappa shape index (κ2) is 43.2. The van der Waals surface area contributed by atoms with Gasteiger partial charge in [0.2, 0.25) is 29.4 Å². The molecule has 4 aromatic carbocycles. The number of alkyl halides is 1. The summed E-state index contributed by atoms with van der Waals surface area (Å²) in [7, 11) is 8.66. The summed E-state index contributed by atoms with van der Waals surface area (Å²) < 4.78 is 38.7. The Bertz CT molecular complexity index is 3960. The molecule has 0 fully saturated rings. The molecule has 0 spiro atoms. The van der Waals surface area contributed by atoms with Crippen molar-refractivity contribution >= 4 is 64.2 Å². The Morgan fingerprint density at radius 3 is 1.55 bits per heavy atom. The molecule has 18 nitrogen and oxygen atoms in total. The average Bonchev–Trinajstić information content (AvgIpc) is 1.68. The summed E-state index contributed by atoms with van der Waals surface area (Å²) in [6.45, 7) is 27.8. The van der Waals surface area contributed by atoms with Crippen molar-refractivity contribution in [3.05, 3.63) is 286 Å². The Labute approximate surface area is 595 Å². The number of aryl methyl sites for hydroxylation is 5. The number of rotatable bonds is 17. The van der Waals surface area contributed by atoms with Crippen LogP contribution in [-0.2, 0) is 46.5 Å². The standard InChI is InChI=1S/C17H18N2O.C15H16N2O.C15H14N2O.C9H11ClN2O.C8H8BO2.C6H7ClN2O.C3H5Br.O.Pd.H2/c1-5-9-15-16(18-13(3)19-17(15)20-4)12(2)14-10-7-6-8-11-14;2*1-10-16-14-12(11-6-4-3-5-7-11)8-9-13(14)15(17-10)18-2;1-4-5-7-8(10)11-6(2)12-9(7)13-3;1-7(11-9-10)8-5-3-2-4-6-8;1-4-8-5(7)3-6(9-4)10-2;1-2-3-4;;;/h5-8,10-11H,1-2,9H2,3-4H3;3-7,12H,8-9H2,1-2H3;3-9,12H,1-2H3;4H,1,5H2,2-3H3;2-6,10H,1H2;3H,1-2H3;2H,1,3H2;;;1H. The van der Waals surface area contributed by atoms with E-state index in [0.29, 0.717) is 83.5 Å². The van der Waals surface area contributed by atoms with Crippen LogP contribution < -0.4 is 23.7 Å². The van der Waals surface area contributed by atoms with E-state index in [9.17, 15) is 0 Å². The molecule has 0 saturated heterocycles. The molecule has 0 aliphatic heterocycles. The first kappa shape index (κ1) is 79.5. The normalized spacial score (nSPS) is 12.2. The summed E-state index contributed by atoms with van der Waals surface area (Å²) in [5, 5.41) is 10.0. The van der Waals surface area contributed by atoms with Crippen molar-refractivity contribution in [2.75, 3.05) is 40.9 Å². The van der Waals surface area contributed by atoms with Crippen molar-refractivity contribution in [3.63, 3.8) is 0 Å². The molecule has 96 heavy (non-hydrogen) atoms. The molecule has 2 aliphatic carbocycles. The zero-order valence-electron chi connectivity index (χ0n) is 55.5. The van der Waals surface area contributed by atoms with Crippen LogP contribution in [0.25, 0.3) is 17.4 Å². The molecule has 0 amide bonds. The van der Waals surface area contributed by atoms with Gasteiger partial charge in [0.05, 0.1) is 63.8 Å². The van der Waals surface area contributed by atoms with Crippen molar-refractivity contribution in [2.24, 2.45) is 0 Å². The van der Waals surface area contributed by atoms with Crippen LogP contribution in [0.5, 0.6) is 29.4 Å². The van der Waals surface area contributed by atoms with E-state index in [-0.39, 0.29) is 7.34 Å². The molecule has 2 aliphatic rings. The molecule has 1 N–H and O–H groups in total. The number of halogens is 3. The summed E-state index contributed by atoms with van der Waals surface area (Å²) in [5.74, 6) is 7.47. The van der Waals surface area contributed by atoms with Crippen molar-refractivity contribution in [1.82, 2.24) is 49.8 Å². The maximum atomic E-state index is 8.29. The molecule has 1 radical (unpaired) electrons. The molecule has 2 atom stereocenters. The monoisotopic (exact) mass is 1490 g/mol. The zero-order valence-corrected chi connectivity index (χ0v) is 60.2. The van der Waals surface area contributed by atoms with Crippen molar-refractivity contribution in [3.8, 4) is 29.4 Å². The molecular weight excluding hydrogens is 1410 g/mol. The molecular formula is C73H81BBrCl2N10O8Pd. The van der Waals surface area contributed by atoms with Crippen LogP contribution in [0.2, 0.25) is 10.3 Å². The van der Waals surface area contributed by atoms with Crippen LogP contribution in [0.4, 0.5) is 0 Å². The Hall–Kier alpha value is -8.93. The van der Waals surface area contributed by atoms with Crippen molar-refractivity contribution in [1.29, 1.82) is 0 Å². The van der Waals surface area contributed by atoms with Gasteiger partial charge in [-0.25, -0.2) is 24.9 Å². The van der Waals surface area contributed by atoms with Gasteiger partial charge in [-0.05, 0) is 77.0 Å². The number of hydrogen-bond acceptors (Lipinski definition) is 18. The first-order valence-corrected chi connectivity index (χ1v) is 32.2. The van der Waals surface area contributed by atoms with Crippen molar-refractivity contribution < 1.29 is 57.4 Å². The minimum atomic E-state index is 0. The second-order valence-corrected chi connectivity index (χ2v) is 21.6. The number of nitrogens with zero attached hydrogens (tertiary/aromatic N) is 10. The van der Waals surface area contributed by atoms with Crippen LogP contribution in [0.15, 0.2) is 185 Å². The van der Waals surface area contributed by atoms with E-state index >= 15 is 0 Å². The summed E-state index contributed by atoms with van der Waals surface area (Å²) in [6.07, 6.45) is 12.9. The Morgan fingerprint density at radius 1 is 0.583 bits per heavy atom. The van der Waals surface area contributed by atoms with Gasteiger partial charge in [0, 0.05) is 46.9 Å². The molecule has 11 rings (SSSR count). The van der Waals surface area contributed by atoms with E-state index in [4.69, 9.17) is 55.4 Å². The Balaban J connectivity index is 0.000000302. The van der Waals surface area contributed by atoms with Gasteiger partial charge < -0.3 is 33.4 Å². The first-order chi connectivity index (χ1) is 46.4. The van der Waals surface area contributed by atoms with Gasteiger partial charge in [0.1, 0.15) is 45.2 Å². The number of hydrogen-bond donors (Lipinski definition) is 1. The first-order valence-electron chi connectivity index (χ1n) is 29.7. The number of allylic oxidation sites excluding steroid dienone is 4. The number of ether oxygens (including phenoxy) is 5. The van der Waals surface area contributed by atoms with E-state index in [2.05, 4.69) is 146 Å². The fraction of sp³-hybridized carbons (Fsp3) is 0.233. The zero-order chi connectivity index (χ0) is 70.5. The molecule has 23 heteroatoms. The number of benzene rings is 4. The maximum absolute atomic E-state index is 8.29. The van der Waals surface area contributed by atoms with Crippen molar-refractivity contribution in [2.45, 2.75) is 72.1 Å². The summed E-state index contributed by atoms with van der Waals surface area (Å²) in [6, 6.07) is 41.8.